The van der Waals surface area contributed by atoms with Gasteiger partial charge in [-0.05, 0) is 12.1 Å². The molecule has 3 aromatic rings. The molecule has 2 aromatic heterocycles. The standard InChI is InChI=1S/C17H17N7O4.ClH/c1-27-13-8-11(24(25)26)14(28-2)7-10(13)16-12(9-20-22-17(18)19)23-6-4-3-5-15(23)21-16;/h3-9H,1-2H3,(H4,18,19,22);1H/b20-9+;. The second-order valence-corrected chi connectivity index (χ2v) is 5.53. The van der Waals surface area contributed by atoms with Crippen LogP contribution >= 0.6 is 12.4 Å². The molecule has 0 bridgehead atoms. The maximum Gasteiger partial charge on any atom is 0.314 e. The summed E-state index contributed by atoms with van der Waals surface area (Å²) in [6.07, 6.45) is 3.22. The summed E-state index contributed by atoms with van der Waals surface area (Å²) < 4.78 is 12.3. The molecule has 0 fully saturated rings. The number of benzene rings is 1. The Morgan fingerprint density at radius 3 is 2.59 bits per heavy atom. The van der Waals surface area contributed by atoms with E-state index in [1.54, 1.807) is 16.7 Å². The van der Waals surface area contributed by atoms with Crippen molar-refractivity contribution in [2.75, 3.05) is 14.2 Å². The average molecular weight is 420 g/mol. The number of rotatable bonds is 6. The largest absolute Gasteiger partial charge is 0.496 e. The van der Waals surface area contributed by atoms with E-state index in [0.29, 0.717) is 22.6 Å². The third-order valence-electron chi connectivity index (χ3n) is 3.87. The van der Waals surface area contributed by atoms with E-state index in [0.717, 1.165) is 0 Å². The lowest BCUT2D eigenvalue weighted by atomic mass is 10.1. The minimum atomic E-state index is -0.546. The molecule has 3 rings (SSSR count). The number of halogens is 1. The average Bonchev–Trinajstić information content (AvgIpc) is 3.05. The van der Waals surface area contributed by atoms with Crippen LogP contribution in [-0.4, -0.2) is 40.7 Å². The lowest BCUT2D eigenvalue weighted by Gasteiger charge is -2.10. The Morgan fingerprint density at radius 2 is 1.97 bits per heavy atom. The molecule has 0 spiro atoms. The van der Waals surface area contributed by atoms with Crippen molar-refractivity contribution in [1.82, 2.24) is 9.38 Å². The molecule has 0 unspecified atom stereocenters. The first kappa shape index (κ1) is 21.4. The summed E-state index contributed by atoms with van der Waals surface area (Å²) >= 11 is 0. The third kappa shape index (κ3) is 4.19. The van der Waals surface area contributed by atoms with Gasteiger partial charge in [0.2, 0.25) is 5.96 Å². The zero-order chi connectivity index (χ0) is 20.3. The molecule has 2 heterocycles. The minimum absolute atomic E-state index is 0. The monoisotopic (exact) mass is 419 g/mol. The van der Waals surface area contributed by atoms with Crippen LogP contribution in [0.5, 0.6) is 11.5 Å². The summed E-state index contributed by atoms with van der Waals surface area (Å²) in [6.45, 7) is 0. The number of pyridine rings is 1. The zero-order valence-corrected chi connectivity index (χ0v) is 16.3. The maximum atomic E-state index is 11.3. The fourth-order valence-corrected chi connectivity index (χ4v) is 2.70. The lowest BCUT2D eigenvalue weighted by Crippen LogP contribution is -2.21. The van der Waals surface area contributed by atoms with Gasteiger partial charge in [-0.3, -0.25) is 14.5 Å². The molecule has 29 heavy (non-hydrogen) atoms. The van der Waals surface area contributed by atoms with Crippen LogP contribution in [0.25, 0.3) is 16.9 Å². The number of nitrogens with zero attached hydrogens (tertiary/aromatic N) is 5. The van der Waals surface area contributed by atoms with Crippen molar-refractivity contribution in [1.29, 1.82) is 0 Å². The summed E-state index contributed by atoms with van der Waals surface area (Å²) in [5, 5.41) is 18.8. The first-order valence-corrected chi connectivity index (χ1v) is 7.96. The molecular weight excluding hydrogens is 402 g/mol. The van der Waals surface area contributed by atoms with E-state index in [1.165, 1.54) is 32.6 Å². The van der Waals surface area contributed by atoms with Crippen LogP contribution in [-0.2, 0) is 0 Å². The van der Waals surface area contributed by atoms with Crippen LogP contribution in [0.4, 0.5) is 5.69 Å². The quantitative estimate of drug-likeness (QED) is 0.267. The number of imidazole rings is 1. The molecule has 152 valence electrons. The van der Waals surface area contributed by atoms with Gasteiger partial charge in [0, 0.05) is 17.8 Å². The molecule has 0 atom stereocenters. The first-order chi connectivity index (χ1) is 13.5. The number of guanidine groups is 1. The highest BCUT2D eigenvalue weighted by atomic mass is 35.5. The van der Waals surface area contributed by atoms with Gasteiger partial charge >= 0.3 is 5.69 Å². The minimum Gasteiger partial charge on any atom is -0.496 e. The molecule has 0 radical (unpaired) electrons. The molecule has 0 aliphatic rings. The fraction of sp³-hybridized carbons (Fsp3) is 0.118. The van der Waals surface area contributed by atoms with Crippen LogP contribution in [0.1, 0.15) is 5.69 Å². The number of nitro benzene ring substituents is 1. The van der Waals surface area contributed by atoms with Crippen LogP contribution in [0.2, 0.25) is 0 Å². The van der Waals surface area contributed by atoms with Crippen LogP contribution < -0.4 is 20.9 Å². The molecule has 0 aliphatic heterocycles. The normalized spacial score (nSPS) is 10.6. The molecule has 11 nitrogen and oxygen atoms in total. The molecule has 0 saturated carbocycles. The van der Waals surface area contributed by atoms with Gasteiger partial charge in [0.25, 0.3) is 0 Å². The third-order valence-corrected chi connectivity index (χ3v) is 3.87. The van der Waals surface area contributed by atoms with Crippen LogP contribution in [0.3, 0.4) is 0 Å². The maximum absolute atomic E-state index is 11.3. The Balaban J connectivity index is 0.00000300. The van der Waals surface area contributed by atoms with E-state index in [4.69, 9.17) is 20.9 Å². The summed E-state index contributed by atoms with van der Waals surface area (Å²) in [7, 11) is 2.77. The summed E-state index contributed by atoms with van der Waals surface area (Å²) in [5.74, 6) is 0.138. The van der Waals surface area contributed by atoms with Crippen LogP contribution in [0.15, 0.2) is 46.7 Å². The fourth-order valence-electron chi connectivity index (χ4n) is 2.70. The number of ether oxygens (including phenoxy) is 2. The van der Waals surface area contributed by atoms with Gasteiger partial charge in [-0.15, -0.1) is 17.5 Å². The number of methoxy groups -OCH3 is 2. The molecule has 0 saturated heterocycles. The number of nitro groups is 1. The van der Waals surface area contributed by atoms with Gasteiger partial charge in [0.1, 0.15) is 17.1 Å². The summed E-state index contributed by atoms with van der Waals surface area (Å²) in [5.41, 5.74) is 12.5. The predicted octanol–water partition coefficient (Wildman–Crippen LogP) is 1.96. The SMILES string of the molecule is COc1cc([N+](=O)[O-])c(OC)cc1-c1nc2ccccn2c1/C=N/N=C(N)N.Cl. The smallest absolute Gasteiger partial charge is 0.314 e. The summed E-state index contributed by atoms with van der Waals surface area (Å²) in [4.78, 5) is 15.3. The van der Waals surface area contributed by atoms with E-state index >= 15 is 0 Å². The number of hydrogen-bond donors (Lipinski definition) is 2. The number of aromatic nitrogens is 2. The number of hydrogen-bond acceptors (Lipinski definition) is 7. The van der Waals surface area contributed by atoms with Gasteiger partial charge in [-0.1, -0.05) is 6.07 Å². The molecular formula is C17H18ClN7O4. The van der Waals surface area contributed by atoms with Crippen molar-refractivity contribution in [3.63, 3.8) is 0 Å². The molecule has 1 aromatic carbocycles. The molecule has 12 heteroatoms. The lowest BCUT2D eigenvalue weighted by molar-refractivity contribution is -0.385. The van der Waals surface area contributed by atoms with E-state index in [2.05, 4.69) is 15.2 Å². The second kappa shape index (κ2) is 8.89. The van der Waals surface area contributed by atoms with E-state index in [-0.39, 0.29) is 35.6 Å². The highest BCUT2D eigenvalue weighted by molar-refractivity contribution is 5.91. The highest BCUT2D eigenvalue weighted by Gasteiger charge is 2.24. The van der Waals surface area contributed by atoms with Gasteiger partial charge in [-0.25, -0.2) is 4.98 Å². The topological polar surface area (TPSA) is 156 Å². The highest BCUT2D eigenvalue weighted by Crippen LogP contribution is 2.40. The van der Waals surface area contributed by atoms with Gasteiger partial charge < -0.3 is 20.9 Å². The first-order valence-electron chi connectivity index (χ1n) is 7.96. The van der Waals surface area contributed by atoms with Crippen molar-refractivity contribution in [2.45, 2.75) is 0 Å². The van der Waals surface area contributed by atoms with E-state index < -0.39 is 4.92 Å². The molecule has 4 N–H and O–H groups in total. The van der Waals surface area contributed by atoms with Crippen molar-refractivity contribution in [2.24, 2.45) is 21.7 Å². The Hall–Kier alpha value is -3.86. The van der Waals surface area contributed by atoms with Crippen molar-refractivity contribution in [3.8, 4) is 22.8 Å². The van der Waals surface area contributed by atoms with E-state index in [9.17, 15) is 10.1 Å². The van der Waals surface area contributed by atoms with Crippen molar-refractivity contribution >= 4 is 35.9 Å². The molecule has 0 amide bonds. The van der Waals surface area contributed by atoms with Gasteiger partial charge in [0.15, 0.2) is 5.75 Å². The summed E-state index contributed by atoms with van der Waals surface area (Å²) in [6, 6.07) is 8.24. The van der Waals surface area contributed by atoms with Gasteiger partial charge in [0.05, 0.1) is 37.1 Å². The second-order valence-electron chi connectivity index (χ2n) is 5.53. The van der Waals surface area contributed by atoms with Gasteiger partial charge in [-0.2, -0.15) is 5.10 Å². The number of nitrogens with two attached hydrogens (primary N) is 2. The Kier molecular flexibility index (Phi) is 6.57. The predicted molar refractivity (Wildman–Crippen MR) is 111 cm³/mol. The van der Waals surface area contributed by atoms with E-state index in [1.807, 2.05) is 12.1 Å². The molecule has 0 aliphatic carbocycles. The van der Waals surface area contributed by atoms with Crippen molar-refractivity contribution < 1.29 is 14.4 Å². The Bertz CT molecular complexity index is 1110. The van der Waals surface area contributed by atoms with Crippen molar-refractivity contribution in [3.05, 3.63) is 52.3 Å². The number of fused-ring (bicyclic) bond motifs is 1. The van der Waals surface area contributed by atoms with Crippen LogP contribution in [0, 0.1) is 10.1 Å². The Morgan fingerprint density at radius 1 is 1.24 bits per heavy atom. The zero-order valence-electron chi connectivity index (χ0n) is 15.5. The Labute approximate surface area is 171 Å².